The van der Waals surface area contributed by atoms with Gasteiger partial charge in [0.1, 0.15) is 0 Å². The van der Waals surface area contributed by atoms with Crippen molar-refractivity contribution in [2.24, 2.45) is 0 Å². The molecular formula is C23H25N3O2. The van der Waals surface area contributed by atoms with Crippen LogP contribution in [-0.4, -0.2) is 27.5 Å². The highest BCUT2D eigenvalue weighted by molar-refractivity contribution is 6.04. The predicted molar refractivity (Wildman–Crippen MR) is 111 cm³/mol. The maximum absolute atomic E-state index is 13.3. The summed E-state index contributed by atoms with van der Waals surface area (Å²) in [6, 6.07) is 15.7. The minimum Gasteiger partial charge on any atom is -0.330 e. The van der Waals surface area contributed by atoms with E-state index in [1.165, 1.54) is 5.56 Å². The number of carbonyl (C=O) groups is 1. The summed E-state index contributed by atoms with van der Waals surface area (Å²) in [6.07, 6.45) is 1.89. The predicted octanol–water partition coefficient (Wildman–Crippen LogP) is 4.20. The number of hydrogen-bond donors (Lipinski definition) is 1. The number of amides is 1. The second-order valence-electron chi connectivity index (χ2n) is 8.48. The number of hydrogen-bond acceptors (Lipinski definition) is 3. The first-order valence-corrected chi connectivity index (χ1v) is 9.75. The van der Waals surface area contributed by atoms with E-state index in [0.717, 1.165) is 18.4 Å². The minimum atomic E-state index is -0.275. The van der Waals surface area contributed by atoms with Gasteiger partial charge in [-0.1, -0.05) is 63.2 Å². The molecule has 1 saturated heterocycles. The topological polar surface area (TPSA) is 66.1 Å². The molecule has 5 nitrogen and oxygen atoms in total. The number of fused-ring (bicyclic) bond motifs is 1. The number of H-pyrrole nitrogens is 1. The third kappa shape index (κ3) is 3.21. The molecule has 1 atom stereocenters. The molecular weight excluding hydrogens is 350 g/mol. The molecule has 28 heavy (non-hydrogen) atoms. The molecule has 0 aliphatic carbocycles. The molecule has 1 aromatic heterocycles. The summed E-state index contributed by atoms with van der Waals surface area (Å²) in [5.41, 5.74) is 2.56. The van der Waals surface area contributed by atoms with Crippen LogP contribution in [-0.2, 0) is 5.41 Å². The standard InChI is InChI=1S/C23H25N3O2/c1-23(2,3)16-12-10-15(11-13-16)19-9-6-14-26(19)22(28)20-17-7-4-5-8-18(17)21(27)25-24-20/h4-5,7-8,10-13,19H,6,9,14H2,1-3H3,(H,25,27)/t19-/m1/s1. The van der Waals surface area contributed by atoms with Crippen molar-refractivity contribution >= 4 is 16.7 Å². The van der Waals surface area contributed by atoms with Gasteiger partial charge in [-0.05, 0) is 35.4 Å². The largest absolute Gasteiger partial charge is 0.330 e. The summed E-state index contributed by atoms with van der Waals surface area (Å²) in [5.74, 6) is -0.130. The molecule has 1 aliphatic rings. The van der Waals surface area contributed by atoms with Crippen molar-refractivity contribution in [3.05, 3.63) is 75.7 Å². The van der Waals surface area contributed by atoms with Gasteiger partial charge >= 0.3 is 0 Å². The third-order valence-electron chi connectivity index (χ3n) is 5.57. The van der Waals surface area contributed by atoms with Gasteiger partial charge in [0.2, 0.25) is 0 Å². The van der Waals surface area contributed by atoms with Gasteiger partial charge in [-0.2, -0.15) is 5.10 Å². The summed E-state index contributed by atoms with van der Waals surface area (Å²) in [5, 5.41) is 7.66. The Balaban J connectivity index is 1.68. The average molecular weight is 375 g/mol. The van der Waals surface area contributed by atoms with E-state index in [9.17, 15) is 9.59 Å². The highest BCUT2D eigenvalue weighted by atomic mass is 16.2. The third-order valence-corrected chi connectivity index (χ3v) is 5.57. The van der Waals surface area contributed by atoms with Crippen molar-refractivity contribution in [2.45, 2.75) is 45.1 Å². The number of rotatable bonds is 2. The molecule has 0 spiro atoms. The Morgan fingerprint density at radius 2 is 1.75 bits per heavy atom. The molecule has 5 heteroatoms. The Labute approximate surface area is 164 Å². The smallest absolute Gasteiger partial charge is 0.275 e. The second kappa shape index (κ2) is 6.89. The number of nitrogens with one attached hydrogen (secondary N) is 1. The lowest BCUT2D eigenvalue weighted by atomic mass is 9.86. The van der Waals surface area contributed by atoms with E-state index in [-0.39, 0.29) is 22.9 Å². The normalized spacial score (nSPS) is 17.2. The van der Waals surface area contributed by atoms with Crippen LogP contribution in [0.2, 0.25) is 0 Å². The van der Waals surface area contributed by atoms with Gasteiger partial charge in [-0.15, -0.1) is 0 Å². The van der Waals surface area contributed by atoms with E-state index in [0.29, 0.717) is 23.0 Å². The van der Waals surface area contributed by atoms with Crippen LogP contribution in [0.25, 0.3) is 10.8 Å². The van der Waals surface area contributed by atoms with Crippen LogP contribution in [0.1, 0.15) is 61.3 Å². The fourth-order valence-electron chi connectivity index (χ4n) is 3.98. The lowest BCUT2D eigenvalue weighted by Crippen LogP contribution is -2.32. The maximum Gasteiger partial charge on any atom is 0.275 e. The van der Waals surface area contributed by atoms with Gasteiger partial charge in [0.15, 0.2) is 5.69 Å². The molecule has 0 bridgehead atoms. The molecule has 1 fully saturated rings. The van der Waals surface area contributed by atoms with Crippen molar-refractivity contribution in [2.75, 3.05) is 6.54 Å². The molecule has 144 valence electrons. The fourth-order valence-corrected chi connectivity index (χ4v) is 3.98. The van der Waals surface area contributed by atoms with Gasteiger partial charge in [0, 0.05) is 11.9 Å². The SMILES string of the molecule is CC(C)(C)c1ccc([C@H]2CCCN2C(=O)c2n[nH]c(=O)c3ccccc23)cc1. The molecule has 0 radical (unpaired) electrons. The molecule has 0 unspecified atom stereocenters. The van der Waals surface area contributed by atoms with Gasteiger partial charge in [0.25, 0.3) is 11.5 Å². The monoisotopic (exact) mass is 375 g/mol. The summed E-state index contributed by atoms with van der Waals surface area (Å²) in [6.45, 7) is 7.28. The van der Waals surface area contributed by atoms with E-state index in [2.05, 4.69) is 55.2 Å². The van der Waals surface area contributed by atoms with Crippen molar-refractivity contribution < 1.29 is 4.79 Å². The molecule has 1 aliphatic heterocycles. The van der Waals surface area contributed by atoms with Crippen LogP contribution < -0.4 is 5.56 Å². The van der Waals surface area contributed by atoms with Crippen LogP contribution in [0.4, 0.5) is 0 Å². The zero-order valence-electron chi connectivity index (χ0n) is 16.5. The lowest BCUT2D eigenvalue weighted by molar-refractivity contribution is 0.0730. The zero-order chi connectivity index (χ0) is 19.9. The summed E-state index contributed by atoms with van der Waals surface area (Å²) >= 11 is 0. The Hall–Kier alpha value is -2.95. The highest BCUT2D eigenvalue weighted by Crippen LogP contribution is 2.34. The molecule has 1 amide bonds. The summed E-state index contributed by atoms with van der Waals surface area (Å²) in [4.78, 5) is 27.2. The van der Waals surface area contributed by atoms with E-state index in [1.54, 1.807) is 18.2 Å². The van der Waals surface area contributed by atoms with Gasteiger partial charge in [-0.3, -0.25) is 9.59 Å². The van der Waals surface area contributed by atoms with Crippen LogP contribution in [0, 0.1) is 0 Å². The maximum atomic E-state index is 13.3. The molecule has 3 aromatic rings. The molecule has 0 saturated carbocycles. The van der Waals surface area contributed by atoms with Crippen LogP contribution in [0.15, 0.2) is 53.3 Å². The van der Waals surface area contributed by atoms with Gasteiger partial charge < -0.3 is 4.90 Å². The van der Waals surface area contributed by atoms with Crippen LogP contribution in [0.3, 0.4) is 0 Å². The Bertz CT molecular complexity index is 1080. The number of aromatic amines is 1. The van der Waals surface area contributed by atoms with Gasteiger partial charge in [0.05, 0.1) is 11.4 Å². The number of nitrogens with zero attached hydrogens (tertiary/aromatic N) is 2. The van der Waals surface area contributed by atoms with Gasteiger partial charge in [-0.25, -0.2) is 5.10 Å². The highest BCUT2D eigenvalue weighted by Gasteiger charge is 2.32. The Morgan fingerprint density at radius 1 is 1.07 bits per heavy atom. The lowest BCUT2D eigenvalue weighted by Gasteiger charge is -2.26. The first kappa shape index (κ1) is 18.4. The summed E-state index contributed by atoms with van der Waals surface area (Å²) < 4.78 is 0. The molecule has 2 aromatic carbocycles. The first-order valence-electron chi connectivity index (χ1n) is 9.75. The fraction of sp³-hybridized carbons (Fsp3) is 0.348. The zero-order valence-corrected chi connectivity index (χ0v) is 16.5. The van der Waals surface area contributed by atoms with E-state index >= 15 is 0 Å². The average Bonchev–Trinajstić information content (AvgIpc) is 3.17. The molecule has 2 heterocycles. The van der Waals surface area contributed by atoms with Crippen molar-refractivity contribution in [1.29, 1.82) is 0 Å². The van der Waals surface area contributed by atoms with E-state index < -0.39 is 0 Å². The number of aromatic nitrogens is 2. The number of carbonyl (C=O) groups excluding carboxylic acids is 1. The Kier molecular flexibility index (Phi) is 4.53. The number of benzene rings is 2. The van der Waals surface area contributed by atoms with Crippen molar-refractivity contribution in [1.82, 2.24) is 15.1 Å². The number of likely N-dealkylation sites (tertiary alicyclic amines) is 1. The molecule has 4 rings (SSSR count). The second-order valence-corrected chi connectivity index (χ2v) is 8.48. The van der Waals surface area contributed by atoms with E-state index in [4.69, 9.17) is 0 Å². The van der Waals surface area contributed by atoms with Crippen molar-refractivity contribution in [3.8, 4) is 0 Å². The van der Waals surface area contributed by atoms with Crippen molar-refractivity contribution in [3.63, 3.8) is 0 Å². The Morgan fingerprint density at radius 3 is 2.43 bits per heavy atom. The molecule has 1 N–H and O–H groups in total. The first-order chi connectivity index (χ1) is 13.4. The van der Waals surface area contributed by atoms with Crippen LogP contribution in [0.5, 0.6) is 0 Å². The van der Waals surface area contributed by atoms with E-state index in [1.807, 2.05) is 11.0 Å². The quantitative estimate of drug-likeness (QED) is 0.730. The minimum absolute atomic E-state index is 0.0361. The summed E-state index contributed by atoms with van der Waals surface area (Å²) in [7, 11) is 0. The van der Waals surface area contributed by atoms with Crippen LogP contribution >= 0.6 is 0 Å².